The summed E-state index contributed by atoms with van der Waals surface area (Å²) in [5.41, 5.74) is 1.10. The van der Waals surface area contributed by atoms with E-state index in [0.717, 1.165) is 0 Å². The molecule has 21 heavy (non-hydrogen) atoms. The molecular weight excluding hydrogens is 271 g/mol. The smallest absolute Gasteiger partial charge is 0.261 e. The minimum Gasteiger partial charge on any atom is -0.497 e. The number of nitrogens with zero attached hydrogens (tertiary/aromatic N) is 2. The molecule has 4 nitrogen and oxygen atoms in total. The van der Waals surface area contributed by atoms with Crippen molar-refractivity contribution < 1.29 is 9.13 Å². The van der Waals surface area contributed by atoms with Crippen LogP contribution in [0.15, 0.2) is 47.3 Å². The van der Waals surface area contributed by atoms with Crippen molar-refractivity contribution in [3.63, 3.8) is 0 Å². The van der Waals surface area contributed by atoms with E-state index in [1.807, 2.05) is 0 Å². The second kappa shape index (κ2) is 5.01. The minimum absolute atomic E-state index is 0.168. The SMILES string of the molecule is COc1ccc2nc(-c3ccc(F)cc3)n(C)c(=O)c2c1. The Morgan fingerprint density at radius 2 is 1.86 bits per heavy atom. The molecule has 0 amide bonds. The molecule has 0 aliphatic carbocycles. The van der Waals surface area contributed by atoms with Crippen LogP contribution in [-0.2, 0) is 7.05 Å². The van der Waals surface area contributed by atoms with Crippen LogP contribution < -0.4 is 10.3 Å². The molecule has 1 heterocycles. The fraction of sp³-hybridized carbons (Fsp3) is 0.125. The van der Waals surface area contributed by atoms with Gasteiger partial charge in [-0.25, -0.2) is 9.37 Å². The Morgan fingerprint density at radius 1 is 1.14 bits per heavy atom. The van der Waals surface area contributed by atoms with Gasteiger partial charge >= 0.3 is 0 Å². The molecule has 0 unspecified atom stereocenters. The van der Waals surface area contributed by atoms with Gasteiger partial charge in [-0.2, -0.15) is 0 Å². The first-order valence-corrected chi connectivity index (χ1v) is 6.41. The predicted molar refractivity (Wildman–Crippen MR) is 78.9 cm³/mol. The number of aromatic nitrogens is 2. The molecule has 2 aromatic carbocycles. The molecule has 106 valence electrons. The lowest BCUT2D eigenvalue weighted by Crippen LogP contribution is -2.20. The maximum atomic E-state index is 13.0. The third-order valence-electron chi connectivity index (χ3n) is 3.39. The van der Waals surface area contributed by atoms with Gasteiger partial charge in [-0.15, -0.1) is 0 Å². The summed E-state index contributed by atoms with van der Waals surface area (Å²) in [5, 5.41) is 0.489. The Morgan fingerprint density at radius 3 is 2.52 bits per heavy atom. The van der Waals surface area contributed by atoms with E-state index in [-0.39, 0.29) is 11.4 Å². The summed E-state index contributed by atoms with van der Waals surface area (Å²) in [6.45, 7) is 0. The van der Waals surface area contributed by atoms with Crippen LogP contribution >= 0.6 is 0 Å². The number of ether oxygens (including phenoxy) is 1. The van der Waals surface area contributed by atoms with Gasteiger partial charge < -0.3 is 4.74 Å². The van der Waals surface area contributed by atoms with Crippen molar-refractivity contribution in [3.05, 3.63) is 58.6 Å². The third-order valence-corrected chi connectivity index (χ3v) is 3.39. The second-order valence-corrected chi connectivity index (χ2v) is 4.69. The first kappa shape index (κ1) is 13.3. The Labute approximate surface area is 120 Å². The van der Waals surface area contributed by atoms with Gasteiger partial charge in [0, 0.05) is 12.6 Å². The zero-order chi connectivity index (χ0) is 15.0. The molecule has 0 N–H and O–H groups in total. The van der Waals surface area contributed by atoms with E-state index in [2.05, 4.69) is 4.98 Å². The van der Waals surface area contributed by atoms with Gasteiger partial charge in [-0.1, -0.05) is 0 Å². The molecule has 0 aliphatic rings. The normalized spacial score (nSPS) is 10.8. The van der Waals surface area contributed by atoms with Crippen LogP contribution in [0.25, 0.3) is 22.3 Å². The molecule has 0 fully saturated rings. The molecule has 5 heteroatoms. The molecule has 0 saturated heterocycles. The van der Waals surface area contributed by atoms with Gasteiger partial charge in [0.2, 0.25) is 0 Å². The highest BCUT2D eigenvalue weighted by atomic mass is 19.1. The summed E-state index contributed by atoms with van der Waals surface area (Å²) >= 11 is 0. The summed E-state index contributed by atoms with van der Waals surface area (Å²) in [6.07, 6.45) is 0. The van der Waals surface area contributed by atoms with E-state index in [4.69, 9.17) is 4.74 Å². The maximum Gasteiger partial charge on any atom is 0.261 e. The fourth-order valence-electron chi connectivity index (χ4n) is 2.23. The van der Waals surface area contributed by atoms with E-state index in [1.54, 1.807) is 44.5 Å². The number of halogens is 1. The Bertz CT molecular complexity index is 870. The minimum atomic E-state index is -0.325. The summed E-state index contributed by atoms with van der Waals surface area (Å²) in [6, 6.07) is 11.1. The Hall–Kier alpha value is -2.69. The standard InChI is InChI=1S/C16H13FN2O2/c1-19-15(10-3-5-11(17)6-4-10)18-14-8-7-12(21-2)9-13(14)16(19)20/h3-9H,1-2H3. The molecule has 3 rings (SSSR count). The topological polar surface area (TPSA) is 44.1 Å². The molecule has 3 aromatic rings. The van der Waals surface area contributed by atoms with E-state index in [0.29, 0.717) is 28.0 Å². The number of rotatable bonds is 2. The Balaban J connectivity index is 2.28. The zero-order valence-corrected chi connectivity index (χ0v) is 11.6. The molecule has 0 radical (unpaired) electrons. The van der Waals surface area contributed by atoms with Gasteiger partial charge in [0.05, 0.1) is 18.0 Å². The van der Waals surface area contributed by atoms with Gasteiger partial charge in [0.25, 0.3) is 5.56 Å². The van der Waals surface area contributed by atoms with Crippen LogP contribution in [0, 0.1) is 5.82 Å². The number of benzene rings is 2. The lowest BCUT2D eigenvalue weighted by Gasteiger charge is -2.10. The lowest BCUT2D eigenvalue weighted by molar-refractivity contribution is 0.415. The molecule has 0 spiro atoms. The number of fused-ring (bicyclic) bond motifs is 1. The highest BCUT2D eigenvalue weighted by Crippen LogP contribution is 2.21. The second-order valence-electron chi connectivity index (χ2n) is 4.69. The summed E-state index contributed by atoms with van der Waals surface area (Å²) in [7, 11) is 3.19. The van der Waals surface area contributed by atoms with Crippen molar-refractivity contribution in [2.24, 2.45) is 7.05 Å². The molecule has 1 aromatic heterocycles. The quantitative estimate of drug-likeness (QED) is 0.727. The monoisotopic (exact) mass is 284 g/mol. The molecule has 0 aliphatic heterocycles. The van der Waals surface area contributed by atoms with E-state index >= 15 is 0 Å². The number of hydrogen-bond donors (Lipinski definition) is 0. The summed E-state index contributed by atoms with van der Waals surface area (Å²) < 4.78 is 19.6. The van der Waals surface area contributed by atoms with Gasteiger partial charge in [-0.05, 0) is 42.5 Å². The van der Waals surface area contributed by atoms with Gasteiger partial charge in [0.15, 0.2) is 0 Å². The predicted octanol–water partition coefficient (Wildman–Crippen LogP) is 2.75. The van der Waals surface area contributed by atoms with Crippen LogP contribution in [0.4, 0.5) is 4.39 Å². The number of hydrogen-bond acceptors (Lipinski definition) is 3. The van der Waals surface area contributed by atoms with E-state index < -0.39 is 0 Å². The van der Waals surface area contributed by atoms with Crippen molar-refractivity contribution in [2.75, 3.05) is 7.11 Å². The Kier molecular flexibility index (Phi) is 3.17. The average molecular weight is 284 g/mol. The van der Waals surface area contributed by atoms with Gasteiger partial charge in [-0.3, -0.25) is 9.36 Å². The summed E-state index contributed by atoms with van der Waals surface area (Å²) in [4.78, 5) is 16.9. The largest absolute Gasteiger partial charge is 0.497 e. The highest BCUT2D eigenvalue weighted by molar-refractivity contribution is 5.81. The number of methoxy groups -OCH3 is 1. The van der Waals surface area contributed by atoms with E-state index in [9.17, 15) is 9.18 Å². The van der Waals surface area contributed by atoms with Crippen LogP contribution in [0.1, 0.15) is 0 Å². The van der Waals surface area contributed by atoms with Crippen molar-refractivity contribution >= 4 is 10.9 Å². The zero-order valence-electron chi connectivity index (χ0n) is 11.6. The molecular formula is C16H13FN2O2. The fourth-order valence-corrected chi connectivity index (χ4v) is 2.23. The van der Waals surface area contributed by atoms with Crippen LogP contribution in [0.2, 0.25) is 0 Å². The van der Waals surface area contributed by atoms with Gasteiger partial charge in [0.1, 0.15) is 17.4 Å². The average Bonchev–Trinajstić information content (AvgIpc) is 2.51. The lowest BCUT2D eigenvalue weighted by atomic mass is 10.1. The summed E-state index contributed by atoms with van der Waals surface area (Å²) in [5.74, 6) is 0.780. The highest BCUT2D eigenvalue weighted by Gasteiger charge is 2.11. The first-order chi connectivity index (χ1) is 10.1. The van der Waals surface area contributed by atoms with Crippen molar-refractivity contribution in [3.8, 4) is 17.1 Å². The van der Waals surface area contributed by atoms with Crippen molar-refractivity contribution in [2.45, 2.75) is 0 Å². The first-order valence-electron chi connectivity index (χ1n) is 6.41. The van der Waals surface area contributed by atoms with Crippen LogP contribution in [0.3, 0.4) is 0 Å². The van der Waals surface area contributed by atoms with E-state index in [1.165, 1.54) is 16.7 Å². The molecule has 0 bridgehead atoms. The molecule has 0 saturated carbocycles. The molecule has 0 atom stereocenters. The van der Waals surface area contributed by atoms with Crippen LogP contribution in [-0.4, -0.2) is 16.7 Å². The van der Waals surface area contributed by atoms with Crippen LogP contribution in [0.5, 0.6) is 5.75 Å². The van der Waals surface area contributed by atoms with Crippen molar-refractivity contribution in [1.29, 1.82) is 0 Å². The third kappa shape index (κ3) is 2.27. The maximum absolute atomic E-state index is 13.0. The van der Waals surface area contributed by atoms with Crippen molar-refractivity contribution in [1.82, 2.24) is 9.55 Å².